The van der Waals surface area contributed by atoms with E-state index in [1.165, 1.54) is 38.5 Å². The molecule has 4 fully saturated rings. The van der Waals surface area contributed by atoms with Crippen molar-refractivity contribution in [1.29, 1.82) is 0 Å². The number of nitrogens with one attached hydrogen (secondary N) is 1. The van der Waals surface area contributed by atoms with E-state index in [1.54, 1.807) is 6.42 Å². The van der Waals surface area contributed by atoms with Gasteiger partial charge in [-0.1, -0.05) is 27.2 Å². The highest BCUT2D eigenvalue weighted by Gasteiger charge is 2.61. The van der Waals surface area contributed by atoms with E-state index >= 15 is 0 Å². The lowest BCUT2D eigenvalue weighted by molar-refractivity contribution is 0.106. The molecule has 7 unspecified atom stereocenters. The molecule has 1 heteroatoms. The zero-order valence-corrected chi connectivity index (χ0v) is 13.9. The third-order valence-electron chi connectivity index (χ3n) is 8.69. The highest BCUT2D eigenvalue weighted by atomic mass is 15.0. The van der Waals surface area contributed by atoms with Crippen LogP contribution in [0.15, 0.2) is 0 Å². The van der Waals surface area contributed by atoms with Crippen molar-refractivity contribution < 1.29 is 0 Å². The lowest BCUT2D eigenvalue weighted by Gasteiger charge is -2.42. The fourth-order valence-corrected chi connectivity index (χ4v) is 6.80. The van der Waals surface area contributed by atoms with E-state index in [1.807, 2.05) is 0 Å². The van der Waals surface area contributed by atoms with Crippen molar-refractivity contribution in [1.82, 2.24) is 5.32 Å². The summed E-state index contributed by atoms with van der Waals surface area (Å²) in [5.41, 5.74) is 1.10. The fourth-order valence-electron chi connectivity index (χ4n) is 6.80. The zero-order valence-electron chi connectivity index (χ0n) is 13.9. The van der Waals surface area contributed by atoms with Gasteiger partial charge in [0.25, 0.3) is 0 Å². The Kier molecular flexibility index (Phi) is 2.89. The lowest BCUT2D eigenvalue weighted by Crippen LogP contribution is -2.50. The summed E-state index contributed by atoms with van der Waals surface area (Å²) < 4.78 is 0. The van der Waals surface area contributed by atoms with Crippen LogP contribution in [0.5, 0.6) is 0 Å². The minimum atomic E-state index is 0.545. The van der Waals surface area contributed by atoms with Gasteiger partial charge in [-0.25, -0.2) is 0 Å². The maximum atomic E-state index is 4.13. The van der Waals surface area contributed by atoms with E-state index < -0.39 is 0 Å². The second-order valence-corrected chi connectivity index (χ2v) is 9.46. The van der Waals surface area contributed by atoms with Crippen LogP contribution in [0.3, 0.4) is 0 Å². The van der Waals surface area contributed by atoms with Gasteiger partial charge in [0, 0.05) is 12.1 Å². The molecule has 0 aromatic carbocycles. The van der Waals surface area contributed by atoms with E-state index in [0.717, 1.165) is 35.8 Å². The third kappa shape index (κ3) is 1.65. The van der Waals surface area contributed by atoms with Gasteiger partial charge >= 0.3 is 0 Å². The molecule has 0 aromatic rings. The minimum absolute atomic E-state index is 0.545. The maximum Gasteiger partial charge on any atom is 0.0131 e. The Hall–Kier alpha value is -0.0400. The fraction of sp³-hybridized carbons (Fsp3) is 1.00. The van der Waals surface area contributed by atoms with E-state index in [-0.39, 0.29) is 0 Å². The number of hydrogen-bond acceptors (Lipinski definition) is 1. The Labute approximate surface area is 125 Å². The summed E-state index contributed by atoms with van der Waals surface area (Å²) in [5.74, 6) is 4.10. The average molecular weight is 275 g/mol. The van der Waals surface area contributed by atoms with E-state index in [4.69, 9.17) is 0 Å². The van der Waals surface area contributed by atoms with Crippen LogP contribution in [-0.2, 0) is 0 Å². The van der Waals surface area contributed by atoms with Gasteiger partial charge in [0.05, 0.1) is 0 Å². The average Bonchev–Trinajstić information content (AvgIpc) is 3.10. The highest BCUT2D eigenvalue weighted by Crippen LogP contribution is 2.65. The molecule has 0 saturated heterocycles. The summed E-state index contributed by atoms with van der Waals surface area (Å²) in [6.07, 6.45) is 10.5. The van der Waals surface area contributed by atoms with Crippen LogP contribution in [0.1, 0.15) is 72.6 Å². The van der Waals surface area contributed by atoms with E-state index in [2.05, 4.69) is 33.0 Å². The molecule has 0 radical (unpaired) electrons. The van der Waals surface area contributed by atoms with Crippen LogP contribution in [0, 0.1) is 34.5 Å². The molecule has 0 heterocycles. The summed E-state index contributed by atoms with van der Waals surface area (Å²) in [6, 6.07) is 1.53. The van der Waals surface area contributed by atoms with Gasteiger partial charge in [0.2, 0.25) is 0 Å². The first-order valence-corrected chi connectivity index (χ1v) is 9.18. The largest absolute Gasteiger partial charge is 0.311 e. The predicted molar refractivity (Wildman–Crippen MR) is 84.6 cm³/mol. The summed E-state index contributed by atoms with van der Waals surface area (Å²) >= 11 is 0. The zero-order chi connectivity index (χ0) is 14.1. The topological polar surface area (TPSA) is 12.0 Å². The van der Waals surface area contributed by atoms with Crippen LogP contribution < -0.4 is 5.32 Å². The molecular formula is C19H33N. The first-order chi connectivity index (χ1) is 9.42. The van der Waals surface area contributed by atoms with Gasteiger partial charge in [-0.3, -0.25) is 0 Å². The Morgan fingerprint density at radius 3 is 2.30 bits per heavy atom. The van der Waals surface area contributed by atoms with Crippen LogP contribution >= 0.6 is 0 Å². The second-order valence-electron chi connectivity index (χ2n) is 9.46. The van der Waals surface area contributed by atoms with Crippen LogP contribution in [0.25, 0.3) is 0 Å². The second kappa shape index (κ2) is 4.24. The quantitative estimate of drug-likeness (QED) is 0.793. The Balaban J connectivity index is 1.45. The first-order valence-electron chi connectivity index (χ1n) is 9.18. The van der Waals surface area contributed by atoms with Crippen molar-refractivity contribution in [2.24, 2.45) is 34.5 Å². The SMILES string of the molecule is CC(NC1CC2CCC1(C)C2(C)C)C1CC2CCC1C2. The summed E-state index contributed by atoms with van der Waals surface area (Å²) in [6.45, 7) is 10.1. The van der Waals surface area contributed by atoms with Crippen molar-refractivity contribution >= 4 is 0 Å². The molecule has 4 rings (SSSR count). The van der Waals surface area contributed by atoms with Crippen LogP contribution in [0.4, 0.5) is 0 Å². The number of fused-ring (bicyclic) bond motifs is 4. The molecule has 114 valence electrons. The molecule has 0 aromatic heterocycles. The molecule has 0 amide bonds. The lowest BCUT2D eigenvalue weighted by atomic mass is 9.69. The van der Waals surface area contributed by atoms with E-state index in [0.29, 0.717) is 10.8 Å². The molecule has 1 nitrogen and oxygen atoms in total. The monoisotopic (exact) mass is 275 g/mol. The molecule has 4 aliphatic carbocycles. The van der Waals surface area contributed by atoms with Gasteiger partial charge in [-0.15, -0.1) is 0 Å². The Morgan fingerprint density at radius 1 is 1.00 bits per heavy atom. The minimum Gasteiger partial charge on any atom is -0.311 e. The molecule has 0 aliphatic heterocycles. The smallest absolute Gasteiger partial charge is 0.0131 e. The van der Waals surface area contributed by atoms with Gasteiger partial charge in [0.15, 0.2) is 0 Å². The Bertz CT molecular complexity index is 401. The van der Waals surface area contributed by atoms with Crippen molar-refractivity contribution in [3.63, 3.8) is 0 Å². The molecular weight excluding hydrogens is 242 g/mol. The Morgan fingerprint density at radius 2 is 1.80 bits per heavy atom. The standard InChI is InChI=1S/C19H33N/c1-12(16-10-13-5-6-14(16)9-13)20-17-11-15-7-8-19(17,4)18(15,2)3/h12-17,20H,5-11H2,1-4H3. The molecule has 1 N–H and O–H groups in total. The van der Waals surface area contributed by atoms with Crippen molar-refractivity contribution in [2.75, 3.05) is 0 Å². The maximum absolute atomic E-state index is 4.13. The van der Waals surface area contributed by atoms with Crippen molar-refractivity contribution in [2.45, 2.75) is 84.7 Å². The van der Waals surface area contributed by atoms with Crippen LogP contribution in [0.2, 0.25) is 0 Å². The van der Waals surface area contributed by atoms with Crippen molar-refractivity contribution in [3.05, 3.63) is 0 Å². The van der Waals surface area contributed by atoms with Gasteiger partial charge in [0.1, 0.15) is 0 Å². The first kappa shape index (κ1) is 13.6. The third-order valence-corrected chi connectivity index (χ3v) is 8.69. The predicted octanol–water partition coefficient (Wildman–Crippen LogP) is 4.62. The number of hydrogen-bond donors (Lipinski definition) is 1. The molecule has 7 atom stereocenters. The van der Waals surface area contributed by atoms with Crippen molar-refractivity contribution in [3.8, 4) is 0 Å². The molecule has 4 saturated carbocycles. The van der Waals surface area contributed by atoms with Gasteiger partial charge in [-0.2, -0.15) is 0 Å². The number of rotatable bonds is 3. The summed E-state index contributed by atoms with van der Waals surface area (Å²) in [4.78, 5) is 0. The highest BCUT2D eigenvalue weighted by molar-refractivity contribution is 5.13. The summed E-state index contributed by atoms with van der Waals surface area (Å²) in [7, 11) is 0. The molecule has 4 aliphatic rings. The molecule has 4 bridgehead atoms. The summed E-state index contributed by atoms with van der Waals surface area (Å²) in [5, 5.41) is 4.13. The van der Waals surface area contributed by atoms with E-state index in [9.17, 15) is 0 Å². The van der Waals surface area contributed by atoms with Gasteiger partial charge < -0.3 is 5.32 Å². The molecule has 20 heavy (non-hydrogen) atoms. The van der Waals surface area contributed by atoms with Gasteiger partial charge in [-0.05, 0) is 80.0 Å². The van der Waals surface area contributed by atoms with Crippen LogP contribution in [-0.4, -0.2) is 12.1 Å². The normalized spacial score (nSPS) is 53.7. The molecule has 0 spiro atoms.